The van der Waals surface area contributed by atoms with Crippen LogP contribution in [-0.4, -0.2) is 31.3 Å². The molecule has 4 aromatic rings. The Morgan fingerprint density at radius 2 is 2.00 bits per heavy atom. The number of nitrogens with zero attached hydrogens (tertiary/aromatic N) is 4. The molecule has 0 aliphatic heterocycles. The molecular formula is C19H19N5O2. The predicted octanol–water partition coefficient (Wildman–Crippen LogP) is 2.81. The number of rotatable bonds is 4. The maximum atomic E-state index is 12.6. The summed E-state index contributed by atoms with van der Waals surface area (Å²) in [5, 5.41) is 3.17. The quantitative estimate of drug-likeness (QED) is 0.615. The molecule has 7 nitrogen and oxygen atoms in total. The Morgan fingerprint density at radius 1 is 1.23 bits per heavy atom. The maximum absolute atomic E-state index is 12.6. The van der Waals surface area contributed by atoms with Crippen molar-refractivity contribution in [3.63, 3.8) is 0 Å². The summed E-state index contributed by atoms with van der Waals surface area (Å²) in [6, 6.07) is 9.18. The molecule has 0 saturated heterocycles. The molecule has 1 aromatic carbocycles. The predicted molar refractivity (Wildman–Crippen MR) is 98.6 cm³/mol. The molecule has 0 saturated carbocycles. The third-order valence-electron chi connectivity index (χ3n) is 4.65. The summed E-state index contributed by atoms with van der Waals surface area (Å²) in [4.78, 5) is 21.4. The van der Waals surface area contributed by atoms with E-state index in [1.165, 1.54) is 4.52 Å². The Morgan fingerprint density at radius 3 is 2.65 bits per heavy atom. The number of H-pyrrole nitrogens is 1. The molecule has 26 heavy (non-hydrogen) atoms. The number of aromatic amines is 1. The van der Waals surface area contributed by atoms with Crippen LogP contribution in [0.5, 0.6) is 5.75 Å². The number of hydrogen-bond donors (Lipinski definition) is 1. The average molecular weight is 349 g/mol. The van der Waals surface area contributed by atoms with E-state index in [2.05, 4.69) is 10.1 Å². The van der Waals surface area contributed by atoms with E-state index in [4.69, 9.17) is 9.72 Å². The first-order chi connectivity index (χ1) is 12.6. The average Bonchev–Trinajstić information content (AvgIpc) is 3.30. The zero-order valence-electron chi connectivity index (χ0n) is 14.8. The minimum atomic E-state index is -0.139. The molecule has 0 fully saturated rings. The van der Waals surface area contributed by atoms with Crippen molar-refractivity contribution in [2.75, 3.05) is 7.11 Å². The third kappa shape index (κ3) is 2.57. The molecule has 0 aliphatic rings. The monoisotopic (exact) mass is 349 g/mol. The molecule has 3 aromatic heterocycles. The van der Waals surface area contributed by atoms with Crippen LogP contribution >= 0.6 is 0 Å². The van der Waals surface area contributed by atoms with E-state index < -0.39 is 0 Å². The molecule has 7 heteroatoms. The van der Waals surface area contributed by atoms with Crippen molar-refractivity contribution in [2.24, 2.45) is 0 Å². The number of fused-ring (bicyclic) bond motifs is 1. The second kappa shape index (κ2) is 6.18. The van der Waals surface area contributed by atoms with Gasteiger partial charge in [-0.25, -0.2) is 14.5 Å². The molecule has 4 rings (SSSR count). The lowest BCUT2D eigenvalue weighted by atomic mass is 10.1. The van der Waals surface area contributed by atoms with E-state index in [9.17, 15) is 4.79 Å². The maximum Gasteiger partial charge on any atom is 0.272 e. The Kier molecular flexibility index (Phi) is 3.84. The molecule has 1 unspecified atom stereocenters. The highest BCUT2D eigenvalue weighted by Crippen LogP contribution is 2.26. The van der Waals surface area contributed by atoms with Crippen molar-refractivity contribution >= 4 is 5.65 Å². The molecule has 3 heterocycles. The second-order valence-electron chi connectivity index (χ2n) is 6.20. The number of aryl methyl sites for hydroxylation is 1. The topological polar surface area (TPSA) is 77.2 Å². The molecule has 0 aliphatic carbocycles. The molecule has 0 bridgehead atoms. The van der Waals surface area contributed by atoms with E-state index in [1.54, 1.807) is 25.7 Å². The smallest absolute Gasteiger partial charge is 0.272 e. The number of ether oxygens (including phenoxy) is 1. The van der Waals surface area contributed by atoms with E-state index in [0.717, 1.165) is 22.6 Å². The minimum Gasteiger partial charge on any atom is -0.497 e. The first kappa shape index (κ1) is 16.1. The van der Waals surface area contributed by atoms with Crippen molar-refractivity contribution < 1.29 is 4.74 Å². The zero-order chi connectivity index (χ0) is 18.3. The number of nitrogens with one attached hydrogen (secondary N) is 1. The van der Waals surface area contributed by atoms with Crippen LogP contribution in [0.15, 0.2) is 53.8 Å². The summed E-state index contributed by atoms with van der Waals surface area (Å²) in [5.41, 5.74) is 3.95. The van der Waals surface area contributed by atoms with Gasteiger partial charge in [0.15, 0.2) is 5.65 Å². The Bertz CT molecular complexity index is 1110. The van der Waals surface area contributed by atoms with Crippen molar-refractivity contribution in [2.45, 2.75) is 19.9 Å². The van der Waals surface area contributed by atoms with Crippen LogP contribution < -0.4 is 10.3 Å². The number of benzene rings is 1. The summed E-state index contributed by atoms with van der Waals surface area (Å²) >= 11 is 0. The van der Waals surface area contributed by atoms with Crippen molar-refractivity contribution in [3.05, 3.63) is 70.7 Å². The van der Waals surface area contributed by atoms with Crippen LogP contribution in [0.2, 0.25) is 0 Å². The van der Waals surface area contributed by atoms with Crippen LogP contribution in [0, 0.1) is 6.92 Å². The summed E-state index contributed by atoms with van der Waals surface area (Å²) < 4.78 is 8.61. The van der Waals surface area contributed by atoms with Crippen molar-refractivity contribution in [3.8, 4) is 17.0 Å². The standard InChI is InChI=1S/C19H19N5O2/c1-12-18(14-4-6-15(26-3)7-5-14)22-24-17(25)10-16(21-19(12)24)13(2)23-9-8-20-11-23/h4-11,13,22H,1-3H3. The highest BCUT2D eigenvalue weighted by molar-refractivity contribution is 5.70. The van der Waals surface area contributed by atoms with Crippen LogP contribution in [0.4, 0.5) is 0 Å². The lowest BCUT2D eigenvalue weighted by molar-refractivity contribution is 0.415. The minimum absolute atomic E-state index is 0.0751. The fourth-order valence-electron chi connectivity index (χ4n) is 3.07. The van der Waals surface area contributed by atoms with Gasteiger partial charge < -0.3 is 9.30 Å². The molecule has 0 radical (unpaired) electrons. The lowest BCUT2D eigenvalue weighted by Crippen LogP contribution is -2.18. The van der Waals surface area contributed by atoms with Gasteiger partial charge in [0.2, 0.25) is 0 Å². The second-order valence-corrected chi connectivity index (χ2v) is 6.20. The number of methoxy groups -OCH3 is 1. The molecule has 132 valence electrons. The van der Waals surface area contributed by atoms with Gasteiger partial charge in [-0.15, -0.1) is 0 Å². The fourth-order valence-corrected chi connectivity index (χ4v) is 3.07. The van der Waals surface area contributed by atoms with Crippen LogP contribution in [0.1, 0.15) is 24.2 Å². The Hall–Kier alpha value is -3.35. The van der Waals surface area contributed by atoms with Crippen molar-refractivity contribution in [1.82, 2.24) is 24.1 Å². The van der Waals surface area contributed by atoms with Crippen LogP contribution in [-0.2, 0) is 0 Å². The van der Waals surface area contributed by atoms with Crippen LogP contribution in [0.3, 0.4) is 0 Å². The molecule has 0 amide bonds. The van der Waals surface area contributed by atoms with E-state index >= 15 is 0 Å². The molecular weight excluding hydrogens is 330 g/mol. The summed E-state index contributed by atoms with van der Waals surface area (Å²) in [5.74, 6) is 0.786. The van der Waals surface area contributed by atoms with E-state index in [-0.39, 0.29) is 11.6 Å². The van der Waals surface area contributed by atoms with Gasteiger partial charge in [0.1, 0.15) is 5.75 Å². The van der Waals surface area contributed by atoms with Gasteiger partial charge in [-0.05, 0) is 38.1 Å². The van der Waals surface area contributed by atoms with E-state index in [1.807, 2.05) is 48.9 Å². The van der Waals surface area contributed by atoms with Gasteiger partial charge >= 0.3 is 0 Å². The highest BCUT2D eigenvalue weighted by Gasteiger charge is 2.16. The normalized spacial score (nSPS) is 12.4. The van der Waals surface area contributed by atoms with Crippen molar-refractivity contribution in [1.29, 1.82) is 0 Å². The zero-order valence-corrected chi connectivity index (χ0v) is 14.8. The van der Waals surface area contributed by atoms with Gasteiger partial charge in [0.25, 0.3) is 5.56 Å². The molecule has 1 atom stereocenters. The van der Waals surface area contributed by atoms with Gasteiger partial charge in [-0.1, -0.05) is 0 Å². The largest absolute Gasteiger partial charge is 0.497 e. The summed E-state index contributed by atoms with van der Waals surface area (Å²) in [7, 11) is 1.63. The van der Waals surface area contributed by atoms with Crippen LogP contribution in [0.25, 0.3) is 16.9 Å². The SMILES string of the molecule is COc1ccc(-c2[nH]n3c(=O)cc(C(C)n4ccnc4)nc3c2C)cc1. The Balaban J connectivity index is 1.84. The van der Waals surface area contributed by atoms with Gasteiger partial charge in [0, 0.05) is 29.6 Å². The first-order valence-electron chi connectivity index (χ1n) is 8.32. The summed E-state index contributed by atoms with van der Waals surface area (Å²) in [6.07, 6.45) is 5.30. The van der Waals surface area contributed by atoms with E-state index in [0.29, 0.717) is 11.3 Å². The highest BCUT2D eigenvalue weighted by atomic mass is 16.5. The number of imidazole rings is 1. The van der Waals surface area contributed by atoms with Gasteiger partial charge in [0.05, 0.1) is 30.9 Å². The summed E-state index contributed by atoms with van der Waals surface area (Å²) in [6.45, 7) is 3.95. The number of hydrogen-bond acceptors (Lipinski definition) is 4. The molecule has 1 N–H and O–H groups in total. The lowest BCUT2D eigenvalue weighted by Gasteiger charge is -2.12. The third-order valence-corrected chi connectivity index (χ3v) is 4.65. The number of aromatic nitrogens is 5. The van der Waals surface area contributed by atoms with Gasteiger partial charge in [-0.2, -0.15) is 0 Å². The molecule has 0 spiro atoms. The fraction of sp³-hybridized carbons (Fsp3) is 0.211. The first-order valence-corrected chi connectivity index (χ1v) is 8.32. The van der Waals surface area contributed by atoms with Gasteiger partial charge in [-0.3, -0.25) is 9.89 Å². The Labute approximate surface area is 149 Å².